The van der Waals surface area contributed by atoms with Crippen LogP contribution in [0.25, 0.3) is 4.91 Å². The number of hydrogen-bond donors (Lipinski definition) is 0. The molecule has 0 spiro atoms. The van der Waals surface area contributed by atoms with Gasteiger partial charge in [0.15, 0.2) is 0 Å². The van der Waals surface area contributed by atoms with Gasteiger partial charge in [0.2, 0.25) is 0 Å². The van der Waals surface area contributed by atoms with E-state index in [2.05, 4.69) is 55.7 Å². The van der Waals surface area contributed by atoms with Gasteiger partial charge in [-0.15, -0.1) is 11.8 Å². The van der Waals surface area contributed by atoms with Gasteiger partial charge in [-0.3, -0.25) is 0 Å². The first-order valence-corrected chi connectivity index (χ1v) is 8.85. The van der Waals surface area contributed by atoms with Crippen molar-refractivity contribution < 1.29 is 0 Å². The Labute approximate surface area is 142 Å². The number of para-hydroxylation sites is 1. The maximum Gasteiger partial charge on any atom is 0.0720 e. The fourth-order valence-corrected chi connectivity index (χ4v) is 3.44. The van der Waals surface area contributed by atoms with Crippen molar-refractivity contribution in [3.8, 4) is 0 Å². The van der Waals surface area contributed by atoms with Crippen LogP contribution in [0.3, 0.4) is 0 Å². The van der Waals surface area contributed by atoms with E-state index in [1.165, 1.54) is 21.6 Å². The Hall–Kier alpha value is -2.32. The zero-order valence-corrected chi connectivity index (χ0v) is 14.2. The predicted octanol–water partition coefficient (Wildman–Crippen LogP) is 5.97. The lowest BCUT2D eigenvalue weighted by Gasteiger charge is -2.15. The van der Waals surface area contributed by atoms with Crippen LogP contribution in [-0.2, 0) is 0 Å². The van der Waals surface area contributed by atoms with E-state index in [9.17, 15) is 0 Å². The summed E-state index contributed by atoms with van der Waals surface area (Å²) in [6, 6.07) is 18.6. The number of rotatable bonds is 3. The third kappa shape index (κ3) is 3.54. The average molecular weight is 317 g/mol. The van der Waals surface area contributed by atoms with Crippen LogP contribution >= 0.6 is 11.8 Å². The Bertz CT molecular complexity index is 811. The summed E-state index contributed by atoms with van der Waals surface area (Å²) in [6.45, 7) is 2.16. The van der Waals surface area contributed by atoms with Crippen LogP contribution in [0, 0.1) is 6.92 Å². The maximum absolute atomic E-state index is 4.83. The molecule has 2 aromatic carbocycles. The van der Waals surface area contributed by atoms with E-state index in [-0.39, 0.29) is 0 Å². The van der Waals surface area contributed by atoms with Crippen molar-refractivity contribution in [3.05, 3.63) is 95.6 Å². The van der Waals surface area contributed by atoms with Crippen molar-refractivity contribution in [1.29, 1.82) is 0 Å². The van der Waals surface area contributed by atoms with Crippen molar-refractivity contribution in [2.24, 2.45) is 4.99 Å². The fourth-order valence-electron chi connectivity index (χ4n) is 2.60. The molecule has 0 saturated heterocycles. The van der Waals surface area contributed by atoms with E-state index < -0.39 is 0 Å². The number of thioether (sulfide) groups is 1. The molecule has 1 nitrogen and oxygen atoms in total. The topological polar surface area (TPSA) is 12.4 Å². The molecular formula is C21H19NS. The largest absolute Gasteiger partial charge is 0.248 e. The molecule has 0 aliphatic heterocycles. The molecule has 0 radical (unpaired) electrons. The molecular weight excluding hydrogens is 298 g/mol. The van der Waals surface area contributed by atoms with Gasteiger partial charge in [-0.05, 0) is 42.5 Å². The zero-order chi connectivity index (χ0) is 16.1. The molecule has 2 aromatic rings. The minimum atomic E-state index is 0.977. The fraction of sp³-hybridized carbons (Fsp3) is 0.0952. The average Bonchev–Trinajstić information content (AvgIpc) is 2.59. The number of aryl methyl sites for hydroxylation is 1. The molecule has 0 unspecified atom stereocenters. The lowest BCUT2D eigenvalue weighted by Crippen LogP contribution is -2.03. The van der Waals surface area contributed by atoms with Crippen LogP contribution < -0.4 is 0 Å². The quantitative estimate of drug-likeness (QED) is 0.679. The van der Waals surface area contributed by atoms with Crippen LogP contribution in [0.4, 0.5) is 5.69 Å². The van der Waals surface area contributed by atoms with Crippen molar-refractivity contribution >= 4 is 28.1 Å². The highest BCUT2D eigenvalue weighted by molar-refractivity contribution is 8.07. The zero-order valence-electron chi connectivity index (χ0n) is 13.4. The number of aliphatic imine (C=N–C) groups is 1. The van der Waals surface area contributed by atoms with Crippen molar-refractivity contribution in [2.45, 2.75) is 6.92 Å². The van der Waals surface area contributed by atoms with Gasteiger partial charge in [0, 0.05) is 10.5 Å². The monoisotopic (exact) mass is 317 g/mol. The van der Waals surface area contributed by atoms with E-state index in [1.807, 2.05) is 36.4 Å². The summed E-state index contributed by atoms with van der Waals surface area (Å²) in [5, 5.41) is 0. The van der Waals surface area contributed by atoms with Crippen molar-refractivity contribution in [2.75, 3.05) is 6.26 Å². The molecule has 0 amide bonds. The third-order valence-electron chi connectivity index (χ3n) is 3.75. The summed E-state index contributed by atoms with van der Waals surface area (Å²) in [5.74, 6) is 0. The molecule has 23 heavy (non-hydrogen) atoms. The summed E-state index contributed by atoms with van der Waals surface area (Å²) >= 11 is 1.77. The second-order valence-electron chi connectivity index (χ2n) is 5.31. The van der Waals surface area contributed by atoms with Gasteiger partial charge in [-0.1, -0.05) is 60.7 Å². The molecule has 114 valence electrons. The molecule has 0 aromatic heterocycles. The van der Waals surface area contributed by atoms with Crippen LogP contribution in [0.5, 0.6) is 0 Å². The number of benzene rings is 2. The Balaban J connectivity index is 2.14. The lowest BCUT2D eigenvalue weighted by molar-refractivity contribution is 1.43. The van der Waals surface area contributed by atoms with Gasteiger partial charge < -0.3 is 0 Å². The summed E-state index contributed by atoms with van der Waals surface area (Å²) < 4.78 is 0. The molecule has 1 aliphatic rings. The molecule has 1 aliphatic carbocycles. The molecule has 3 rings (SSSR count). The molecule has 0 fully saturated rings. The Morgan fingerprint density at radius 3 is 2.30 bits per heavy atom. The van der Waals surface area contributed by atoms with Gasteiger partial charge >= 0.3 is 0 Å². The third-order valence-corrected chi connectivity index (χ3v) is 4.60. The first-order valence-electron chi connectivity index (χ1n) is 7.62. The number of nitrogens with zero attached hydrogens (tertiary/aromatic N) is 1. The molecule has 0 N–H and O–H groups in total. The van der Waals surface area contributed by atoms with Crippen LogP contribution in [-0.4, -0.2) is 12.0 Å². The standard InChI is InChI=1S/C21H19NS/c1-16-10-6-7-13-18(16)21(23-2)19-14-8-9-15-20(19)22-17-11-4-3-5-12-17/h3-15H,1-2H3/b21-19+,22-20?. The van der Waals surface area contributed by atoms with Gasteiger partial charge in [0.05, 0.1) is 11.4 Å². The first-order chi connectivity index (χ1) is 11.3. The van der Waals surface area contributed by atoms with Crippen molar-refractivity contribution in [1.82, 2.24) is 0 Å². The van der Waals surface area contributed by atoms with E-state index in [4.69, 9.17) is 4.99 Å². The SMILES string of the molecule is CS/C(=C1\C=CC=CC1=Nc1ccccc1)c1ccccc1C. The van der Waals surface area contributed by atoms with Gasteiger partial charge in [-0.25, -0.2) is 4.99 Å². The van der Waals surface area contributed by atoms with Crippen molar-refractivity contribution in [3.63, 3.8) is 0 Å². The summed E-state index contributed by atoms with van der Waals surface area (Å²) in [4.78, 5) is 6.09. The van der Waals surface area contributed by atoms with Gasteiger partial charge in [-0.2, -0.15) is 0 Å². The van der Waals surface area contributed by atoms with Crippen LogP contribution in [0.1, 0.15) is 11.1 Å². The van der Waals surface area contributed by atoms with E-state index >= 15 is 0 Å². The summed E-state index contributed by atoms with van der Waals surface area (Å²) in [5.41, 5.74) is 5.72. The maximum atomic E-state index is 4.83. The molecule has 0 heterocycles. The highest BCUT2D eigenvalue weighted by Crippen LogP contribution is 2.34. The molecule has 0 saturated carbocycles. The normalized spacial score (nSPS) is 17.6. The Morgan fingerprint density at radius 1 is 0.870 bits per heavy atom. The lowest BCUT2D eigenvalue weighted by atomic mass is 9.99. The molecule has 2 heteroatoms. The highest BCUT2D eigenvalue weighted by Gasteiger charge is 2.14. The van der Waals surface area contributed by atoms with Gasteiger partial charge in [0.1, 0.15) is 0 Å². The highest BCUT2D eigenvalue weighted by atomic mass is 32.2. The predicted molar refractivity (Wildman–Crippen MR) is 103 cm³/mol. The molecule has 0 atom stereocenters. The van der Waals surface area contributed by atoms with Crippen LogP contribution in [0.2, 0.25) is 0 Å². The number of allylic oxidation sites excluding steroid dienone is 5. The van der Waals surface area contributed by atoms with Gasteiger partial charge in [0.25, 0.3) is 0 Å². The second-order valence-corrected chi connectivity index (χ2v) is 6.13. The van der Waals surface area contributed by atoms with E-state index in [0.29, 0.717) is 0 Å². The summed E-state index contributed by atoms with van der Waals surface area (Å²) in [6.07, 6.45) is 10.5. The minimum Gasteiger partial charge on any atom is -0.248 e. The Kier molecular flexibility index (Phi) is 4.94. The smallest absolute Gasteiger partial charge is 0.0720 e. The second kappa shape index (κ2) is 7.30. The number of hydrogen-bond acceptors (Lipinski definition) is 2. The first kappa shape index (κ1) is 15.6. The van der Waals surface area contributed by atoms with E-state index in [0.717, 1.165) is 11.4 Å². The Morgan fingerprint density at radius 2 is 1.57 bits per heavy atom. The summed E-state index contributed by atoms with van der Waals surface area (Å²) in [7, 11) is 0. The van der Waals surface area contributed by atoms with Crippen LogP contribution in [0.15, 0.2) is 89.5 Å². The molecule has 0 bridgehead atoms. The minimum absolute atomic E-state index is 0.977. The van der Waals surface area contributed by atoms with E-state index in [1.54, 1.807) is 11.8 Å².